The Balaban J connectivity index is 1.49. The van der Waals surface area contributed by atoms with Gasteiger partial charge in [0, 0.05) is 6.20 Å². The second-order valence-corrected chi connectivity index (χ2v) is 9.99. The number of hydrogen-bond acceptors (Lipinski definition) is 4. The Bertz CT molecular complexity index is 819. The normalized spacial score (nSPS) is 23.8. The van der Waals surface area contributed by atoms with E-state index >= 15 is 0 Å². The molecule has 2 aliphatic carbocycles. The van der Waals surface area contributed by atoms with Gasteiger partial charge in [0.05, 0.1) is 5.02 Å². The zero-order valence-electron chi connectivity index (χ0n) is 18.5. The van der Waals surface area contributed by atoms with E-state index in [1.54, 1.807) is 12.1 Å². The van der Waals surface area contributed by atoms with Crippen molar-refractivity contribution in [2.45, 2.75) is 89.1 Å². The number of pyridine rings is 1. The van der Waals surface area contributed by atoms with Crippen molar-refractivity contribution in [2.75, 3.05) is 5.32 Å². The van der Waals surface area contributed by atoms with Gasteiger partial charge in [0.15, 0.2) is 0 Å². The largest absolute Gasteiger partial charge is 0.326 e. The van der Waals surface area contributed by atoms with Crippen LogP contribution in [-0.2, 0) is 9.59 Å². The molecule has 8 heteroatoms. The van der Waals surface area contributed by atoms with Gasteiger partial charge in [0.2, 0.25) is 5.91 Å². The van der Waals surface area contributed by atoms with Crippen LogP contribution in [0.5, 0.6) is 0 Å². The molecule has 1 saturated heterocycles. The molecular formula is C24H33ClN4O3. The van der Waals surface area contributed by atoms with E-state index in [0.29, 0.717) is 35.5 Å². The van der Waals surface area contributed by atoms with Crippen LogP contribution in [-0.4, -0.2) is 39.8 Å². The summed E-state index contributed by atoms with van der Waals surface area (Å²) in [5.74, 6) is 0.518. The maximum atomic E-state index is 13.3. The molecule has 2 heterocycles. The Morgan fingerprint density at radius 1 is 1.06 bits per heavy atom. The third-order valence-corrected chi connectivity index (χ3v) is 7.44. The molecule has 0 bridgehead atoms. The van der Waals surface area contributed by atoms with Gasteiger partial charge in [0.25, 0.3) is 5.91 Å². The number of urea groups is 1. The van der Waals surface area contributed by atoms with Gasteiger partial charge in [-0.05, 0) is 36.8 Å². The molecule has 3 fully saturated rings. The van der Waals surface area contributed by atoms with E-state index in [-0.39, 0.29) is 11.8 Å². The van der Waals surface area contributed by atoms with Gasteiger partial charge >= 0.3 is 6.03 Å². The molecule has 0 radical (unpaired) electrons. The lowest BCUT2D eigenvalue weighted by molar-refractivity contribution is -0.134. The van der Waals surface area contributed by atoms with Gasteiger partial charge < -0.3 is 10.6 Å². The van der Waals surface area contributed by atoms with Crippen molar-refractivity contribution in [1.29, 1.82) is 0 Å². The molecule has 3 aliphatic rings. The summed E-state index contributed by atoms with van der Waals surface area (Å²) in [5.41, 5.74) is 0. The molecule has 2 saturated carbocycles. The molecule has 7 nitrogen and oxygen atoms in total. The number of halogens is 1. The molecule has 0 unspecified atom stereocenters. The summed E-state index contributed by atoms with van der Waals surface area (Å²) in [6.07, 6.45) is 14.0. The van der Waals surface area contributed by atoms with Crippen molar-refractivity contribution in [2.24, 2.45) is 11.8 Å². The zero-order valence-corrected chi connectivity index (χ0v) is 19.3. The van der Waals surface area contributed by atoms with E-state index in [1.807, 2.05) is 0 Å². The van der Waals surface area contributed by atoms with E-state index in [2.05, 4.69) is 15.6 Å². The summed E-state index contributed by atoms with van der Waals surface area (Å²) in [6.45, 7) is 0. The predicted molar refractivity (Wildman–Crippen MR) is 123 cm³/mol. The Hall–Kier alpha value is -2.15. The lowest BCUT2D eigenvalue weighted by Gasteiger charge is -2.30. The maximum absolute atomic E-state index is 13.3. The first-order valence-electron chi connectivity index (χ1n) is 12.1. The number of nitrogens with zero attached hydrogens (tertiary/aromatic N) is 2. The summed E-state index contributed by atoms with van der Waals surface area (Å²) in [5, 5.41) is 6.13. The summed E-state index contributed by atoms with van der Waals surface area (Å²) in [6, 6.07) is 1.46. The van der Waals surface area contributed by atoms with Gasteiger partial charge in [-0.2, -0.15) is 0 Å². The maximum Gasteiger partial charge on any atom is 0.325 e. The molecule has 2 N–H and O–H groups in total. The molecule has 1 aromatic rings. The number of carbonyl (C=O) groups is 3. The van der Waals surface area contributed by atoms with Crippen molar-refractivity contribution in [3.05, 3.63) is 23.4 Å². The highest BCUT2D eigenvalue weighted by Gasteiger charge is 2.45. The van der Waals surface area contributed by atoms with E-state index in [9.17, 15) is 14.4 Å². The highest BCUT2D eigenvalue weighted by atomic mass is 35.5. The number of nitrogens with one attached hydrogen (secondary N) is 2. The first-order valence-corrected chi connectivity index (χ1v) is 12.4. The van der Waals surface area contributed by atoms with Crippen LogP contribution in [0.25, 0.3) is 0 Å². The van der Waals surface area contributed by atoms with Crippen LogP contribution in [0.1, 0.15) is 77.0 Å². The smallest absolute Gasteiger partial charge is 0.325 e. The molecule has 1 aliphatic heterocycles. The van der Waals surface area contributed by atoms with E-state index in [1.165, 1.54) is 36.8 Å². The number of aromatic nitrogens is 1. The fourth-order valence-electron chi connectivity index (χ4n) is 5.49. The van der Waals surface area contributed by atoms with E-state index in [0.717, 1.165) is 38.5 Å². The van der Waals surface area contributed by atoms with Crippen LogP contribution < -0.4 is 10.6 Å². The van der Waals surface area contributed by atoms with Crippen LogP contribution in [0.2, 0.25) is 5.02 Å². The molecule has 4 amide bonds. The number of carbonyl (C=O) groups excluding carboxylic acids is 3. The molecule has 0 spiro atoms. The average Bonchev–Trinajstić information content (AvgIpc) is 3.07. The number of rotatable bonds is 7. The third kappa shape index (κ3) is 5.61. The van der Waals surface area contributed by atoms with Gasteiger partial charge in [-0.15, -0.1) is 0 Å². The minimum Gasteiger partial charge on any atom is -0.326 e. The van der Waals surface area contributed by atoms with E-state index < -0.39 is 18.1 Å². The van der Waals surface area contributed by atoms with Crippen LogP contribution in [0.4, 0.5) is 10.6 Å². The third-order valence-electron chi connectivity index (χ3n) is 7.22. The molecular weight excluding hydrogens is 428 g/mol. The topological polar surface area (TPSA) is 91.4 Å². The van der Waals surface area contributed by atoms with Crippen LogP contribution >= 0.6 is 11.6 Å². The SMILES string of the molecule is O=C(Nc1ccc(Cl)cn1)[C@H](CC1CCCCC1)N1C(=O)N[C@@H](CC2CCCCC2)C1=O. The lowest BCUT2D eigenvalue weighted by Crippen LogP contribution is -2.49. The van der Waals surface area contributed by atoms with Crippen molar-refractivity contribution in [3.8, 4) is 0 Å². The summed E-state index contributed by atoms with van der Waals surface area (Å²) < 4.78 is 0. The monoisotopic (exact) mass is 460 g/mol. The minimum absolute atomic E-state index is 0.263. The molecule has 2 atom stereocenters. The fourth-order valence-corrected chi connectivity index (χ4v) is 5.60. The molecule has 32 heavy (non-hydrogen) atoms. The minimum atomic E-state index is -0.834. The zero-order chi connectivity index (χ0) is 22.5. The highest BCUT2D eigenvalue weighted by molar-refractivity contribution is 6.30. The molecule has 0 aromatic carbocycles. The Morgan fingerprint density at radius 3 is 2.34 bits per heavy atom. The van der Waals surface area contributed by atoms with E-state index in [4.69, 9.17) is 11.6 Å². The standard InChI is InChI=1S/C24H33ClN4O3/c25-18-11-12-21(26-15-18)28-22(30)20(14-17-9-5-2-6-10-17)29-23(31)19(27-24(29)32)13-16-7-3-1-4-8-16/h11-12,15-17,19-20H,1-10,13-14H2,(H,27,32)(H,26,28,30)/t19-,20-/m0/s1. The summed E-state index contributed by atoms with van der Waals surface area (Å²) in [4.78, 5) is 44.8. The van der Waals surface area contributed by atoms with Gasteiger partial charge in [-0.25, -0.2) is 14.7 Å². The summed E-state index contributed by atoms with van der Waals surface area (Å²) in [7, 11) is 0. The molecule has 4 rings (SSSR count). The van der Waals surface area contributed by atoms with Gasteiger partial charge in [-0.3, -0.25) is 9.59 Å². The number of amides is 4. The highest BCUT2D eigenvalue weighted by Crippen LogP contribution is 2.32. The van der Waals surface area contributed by atoms with Crippen LogP contribution in [0, 0.1) is 11.8 Å². The van der Waals surface area contributed by atoms with Crippen LogP contribution in [0.15, 0.2) is 18.3 Å². The Labute approximate surface area is 194 Å². The number of anilines is 1. The Kier molecular flexibility index (Phi) is 7.66. The summed E-state index contributed by atoms with van der Waals surface area (Å²) >= 11 is 5.90. The van der Waals surface area contributed by atoms with Crippen LogP contribution in [0.3, 0.4) is 0 Å². The molecule has 174 valence electrons. The lowest BCUT2D eigenvalue weighted by atomic mass is 9.83. The van der Waals surface area contributed by atoms with Crippen molar-refractivity contribution < 1.29 is 14.4 Å². The van der Waals surface area contributed by atoms with Crippen molar-refractivity contribution in [1.82, 2.24) is 15.2 Å². The predicted octanol–water partition coefficient (Wildman–Crippen LogP) is 4.90. The van der Waals surface area contributed by atoms with Gasteiger partial charge in [0.1, 0.15) is 17.9 Å². The van der Waals surface area contributed by atoms with Crippen molar-refractivity contribution in [3.63, 3.8) is 0 Å². The first-order chi connectivity index (χ1) is 15.5. The first kappa shape index (κ1) is 23.0. The van der Waals surface area contributed by atoms with Crippen molar-refractivity contribution >= 4 is 35.3 Å². The quantitative estimate of drug-likeness (QED) is 0.566. The fraction of sp³-hybridized carbons (Fsp3) is 0.667. The van der Waals surface area contributed by atoms with Gasteiger partial charge in [-0.1, -0.05) is 75.8 Å². The second kappa shape index (κ2) is 10.6. The second-order valence-electron chi connectivity index (χ2n) is 9.56. The number of hydrogen-bond donors (Lipinski definition) is 2. The number of imide groups is 1. The Morgan fingerprint density at radius 2 is 1.72 bits per heavy atom. The average molecular weight is 461 g/mol. The molecule has 1 aromatic heterocycles.